The first-order chi connectivity index (χ1) is 17.8. The average Bonchev–Trinajstić information content (AvgIpc) is 3.41. The molecule has 37 heavy (non-hydrogen) atoms. The van der Waals surface area contributed by atoms with Crippen molar-refractivity contribution in [2.75, 3.05) is 20.3 Å². The van der Waals surface area contributed by atoms with Crippen molar-refractivity contribution in [3.63, 3.8) is 0 Å². The Morgan fingerprint density at radius 2 is 2.14 bits per heavy atom. The molecule has 0 saturated heterocycles. The van der Waals surface area contributed by atoms with Gasteiger partial charge >= 0.3 is 0 Å². The lowest BCUT2D eigenvalue weighted by Gasteiger charge is -2.40. The number of amides is 2. The number of rotatable bonds is 12. The fourth-order valence-electron chi connectivity index (χ4n) is 4.17. The monoisotopic (exact) mass is 626 g/mol. The van der Waals surface area contributed by atoms with Crippen molar-refractivity contribution < 1.29 is 38.5 Å². The molecule has 0 unspecified atom stereocenters. The Morgan fingerprint density at radius 3 is 2.76 bits per heavy atom. The SMILES string of the molecule is CCCC(=O)N(Cc1ccoc1)[C@@H]1CC(C(=O)NCCO)=C[C@H](Oc2c(I)cc(C=O)cc2OC)[C@H]1O. The second kappa shape index (κ2) is 13.6. The summed E-state index contributed by atoms with van der Waals surface area (Å²) >= 11 is 2.00. The molecule has 0 fully saturated rings. The van der Waals surface area contributed by atoms with Gasteiger partial charge in [-0.25, -0.2) is 0 Å². The van der Waals surface area contributed by atoms with Crippen LogP contribution in [0.3, 0.4) is 0 Å². The molecule has 3 atom stereocenters. The molecule has 1 aromatic heterocycles. The summed E-state index contributed by atoms with van der Waals surface area (Å²) in [6, 6.07) is 4.09. The number of carbonyl (C=O) groups excluding carboxylic acids is 3. The summed E-state index contributed by atoms with van der Waals surface area (Å²) in [6.07, 6.45) is 4.02. The van der Waals surface area contributed by atoms with Gasteiger partial charge in [0, 0.05) is 42.6 Å². The van der Waals surface area contributed by atoms with Crippen molar-refractivity contribution in [3.05, 3.63) is 57.1 Å². The van der Waals surface area contributed by atoms with Crippen LogP contribution in [0.25, 0.3) is 0 Å². The summed E-state index contributed by atoms with van der Waals surface area (Å²) in [5.74, 6) is -0.0129. The molecule has 2 aromatic rings. The van der Waals surface area contributed by atoms with Crippen LogP contribution in [0.5, 0.6) is 11.5 Å². The molecule has 0 bridgehead atoms. The summed E-state index contributed by atoms with van der Waals surface area (Å²) in [6.45, 7) is 1.90. The van der Waals surface area contributed by atoms with Gasteiger partial charge in [-0.15, -0.1) is 0 Å². The van der Waals surface area contributed by atoms with E-state index in [2.05, 4.69) is 5.32 Å². The topological polar surface area (TPSA) is 139 Å². The Balaban J connectivity index is 2.01. The first kappa shape index (κ1) is 28.7. The van der Waals surface area contributed by atoms with Crippen molar-refractivity contribution in [1.82, 2.24) is 10.2 Å². The third kappa shape index (κ3) is 7.11. The van der Waals surface area contributed by atoms with E-state index in [1.54, 1.807) is 17.0 Å². The Hall–Kier alpha value is -2.90. The maximum absolute atomic E-state index is 13.2. The molecule has 0 radical (unpaired) electrons. The van der Waals surface area contributed by atoms with Gasteiger partial charge in [-0.2, -0.15) is 0 Å². The quantitative estimate of drug-likeness (QED) is 0.241. The van der Waals surface area contributed by atoms with Gasteiger partial charge in [0.15, 0.2) is 11.5 Å². The number of halogens is 1. The van der Waals surface area contributed by atoms with Crippen LogP contribution >= 0.6 is 22.6 Å². The van der Waals surface area contributed by atoms with Crippen molar-refractivity contribution in [3.8, 4) is 11.5 Å². The number of hydrogen-bond acceptors (Lipinski definition) is 8. The highest BCUT2D eigenvalue weighted by Gasteiger charge is 2.40. The Kier molecular flexibility index (Phi) is 10.5. The fourth-order valence-corrected chi connectivity index (χ4v) is 4.92. The first-order valence-corrected chi connectivity index (χ1v) is 13.0. The number of aldehydes is 1. The van der Waals surface area contributed by atoms with Crippen LogP contribution in [-0.2, 0) is 16.1 Å². The molecule has 0 spiro atoms. The first-order valence-electron chi connectivity index (χ1n) is 11.9. The molecule has 1 aliphatic rings. The van der Waals surface area contributed by atoms with Gasteiger partial charge in [-0.3, -0.25) is 14.4 Å². The smallest absolute Gasteiger partial charge is 0.247 e. The average molecular weight is 626 g/mol. The highest BCUT2D eigenvalue weighted by Crippen LogP contribution is 2.37. The molecule has 3 N–H and O–H groups in total. The van der Waals surface area contributed by atoms with Crippen molar-refractivity contribution in [1.29, 1.82) is 0 Å². The molecular weight excluding hydrogens is 595 g/mol. The van der Waals surface area contributed by atoms with Gasteiger partial charge in [-0.05, 0) is 53.3 Å². The van der Waals surface area contributed by atoms with Crippen LogP contribution in [0, 0.1) is 3.57 Å². The lowest BCUT2D eigenvalue weighted by molar-refractivity contribution is -0.139. The number of carbonyl (C=O) groups is 3. The number of nitrogens with one attached hydrogen (secondary N) is 1. The van der Waals surface area contributed by atoms with Crippen molar-refractivity contribution in [2.24, 2.45) is 0 Å². The molecule has 2 amide bonds. The van der Waals surface area contributed by atoms with Crippen LogP contribution in [0.1, 0.15) is 42.1 Å². The summed E-state index contributed by atoms with van der Waals surface area (Å²) in [5.41, 5.74) is 1.45. The number of nitrogens with zero attached hydrogens (tertiary/aromatic N) is 1. The van der Waals surface area contributed by atoms with Crippen LogP contribution in [0.15, 0.2) is 46.8 Å². The molecule has 200 valence electrons. The van der Waals surface area contributed by atoms with Gasteiger partial charge < -0.3 is 34.3 Å². The zero-order valence-electron chi connectivity index (χ0n) is 20.7. The number of aliphatic hydroxyl groups excluding tert-OH is 2. The van der Waals surface area contributed by atoms with Gasteiger partial charge in [-0.1, -0.05) is 6.92 Å². The third-order valence-electron chi connectivity index (χ3n) is 5.97. The Labute approximate surface area is 228 Å². The van der Waals surface area contributed by atoms with Gasteiger partial charge in [0.05, 0.1) is 35.9 Å². The maximum atomic E-state index is 13.2. The standard InChI is InChI=1S/C26H31IN2O8/c1-3-4-23(32)29(13-16-5-8-36-15-16)20-11-18(26(34)28-6-7-30)12-21(24(20)33)37-25-19(27)9-17(14-31)10-22(25)35-2/h5,8-10,12,14-15,20-21,24,30,33H,3-4,6-7,11,13H2,1-2H3,(H,28,34)/t20-,21+,24+/m1/s1. The van der Waals surface area contributed by atoms with E-state index in [0.717, 1.165) is 5.56 Å². The highest BCUT2D eigenvalue weighted by molar-refractivity contribution is 14.1. The molecule has 1 heterocycles. The molecule has 11 heteroatoms. The highest BCUT2D eigenvalue weighted by atomic mass is 127. The van der Waals surface area contributed by atoms with E-state index in [9.17, 15) is 19.5 Å². The maximum Gasteiger partial charge on any atom is 0.247 e. The van der Waals surface area contributed by atoms with Crippen LogP contribution < -0.4 is 14.8 Å². The zero-order chi connectivity index (χ0) is 26.9. The molecule has 0 saturated carbocycles. The number of hydrogen-bond donors (Lipinski definition) is 3. The van der Waals surface area contributed by atoms with E-state index >= 15 is 0 Å². The molecular formula is C26H31IN2O8. The minimum absolute atomic E-state index is 0.0568. The zero-order valence-corrected chi connectivity index (χ0v) is 22.8. The van der Waals surface area contributed by atoms with E-state index in [4.69, 9.17) is 19.0 Å². The van der Waals surface area contributed by atoms with Crippen LogP contribution in [-0.4, -0.2) is 71.7 Å². The normalized spacial score (nSPS) is 19.1. The molecule has 10 nitrogen and oxygen atoms in total. The number of aliphatic hydroxyl groups is 2. The van der Waals surface area contributed by atoms with Crippen LogP contribution in [0.4, 0.5) is 0 Å². The van der Waals surface area contributed by atoms with E-state index in [0.29, 0.717) is 38.9 Å². The minimum Gasteiger partial charge on any atom is -0.493 e. The molecule has 3 rings (SSSR count). The molecule has 0 aliphatic heterocycles. The van der Waals surface area contributed by atoms with Gasteiger partial charge in [0.2, 0.25) is 11.8 Å². The van der Waals surface area contributed by atoms with E-state index in [-0.39, 0.29) is 38.4 Å². The van der Waals surface area contributed by atoms with Crippen molar-refractivity contribution >= 4 is 40.7 Å². The van der Waals surface area contributed by atoms with E-state index in [1.165, 1.54) is 31.8 Å². The van der Waals surface area contributed by atoms with Crippen LogP contribution in [0.2, 0.25) is 0 Å². The van der Waals surface area contributed by atoms with Crippen molar-refractivity contribution in [2.45, 2.75) is 51.0 Å². The lowest BCUT2D eigenvalue weighted by atomic mass is 9.87. The second-order valence-corrected chi connectivity index (χ2v) is 9.73. The predicted octanol–water partition coefficient (Wildman–Crippen LogP) is 2.45. The third-order valence-corrected chi connectivity index (χ3v) is 6.77. The van der Waals surface area contributed by atoms with E-state index < -0.39 is 24.2 Å². The van der Waals surface area contributed by atoms with Gasteiger partial charge in [0.25, 0.3) is 0 Å². The molecule has 1 aromatic carbocycles. The number of ether oxygens (including phenoxy) is 2. The predicted molar refractivity (Wildman–Crippen MR) is 142 cm³/mol. The minimum atomic E-state index is -1.19. The largest absolute Gasteiger partial charge is 0.493 e. The van der Waals surface area contributed by atoms with Gasteiger partial charge in [0.1, 0.15) is 18.5 Å². The summed E-state index contributed by atoms with van der Waals surface area (Å²) in [5, 5.41) is 23.3. The van der Waals surface area contributed by atoms with E-state index in [1.807, 2.05) is 29.5 Å². The second-order valence-electron chi connectivity index (χ2n) is 8.57. The summed E-state index contributed by atoms with van der Waals surface area (Å²) in [7, 11) is 1.44. The fraction of sp³-hybridized carbons (Fsp3) is 0.423. The number of furan rings is 1. The summed E-state index contributed by atoms with van der Waals surface area (Å²) in [4.78, 5) is 38.9. The Bertz CT molecular complexity index is 1120. The lowest BCUT2D eigenvalue weighted by Crippen LogP contribution is -2.54. The summed E-state index contributed by atoms with van der Waals surface area (Å²) < 4.78 is 17.4. The Morgan fingerprint density at radius 1 is 1.35 bits per heavy atom. The number of benzene rings is 1. The molecule has 1 aliphatic carbocycles. The number of methoxy groups -OCH3 is 1.